The molecular formula is C11H13NO. The van der Waals surface area contributed by atoms with Gasteiger partial charge < -0.3 is 5.73 Å². The first-order valence-corrected chi connectivity index (χ1v) is 4.60. The Morgan fingerprint density at radius 2 is 2.08 bits per heavy atom. The van der Waals surface area contributed by atoms with E-state index in [1.807, 2.05) is 6.92 Å². The molecule has 0 atom stereocenters. The molecule has 2 nitrogen and oxygen atoms in total. The van der Waals surface area contributed by atoms with Crippen LogP contribution >= 0.6 is 0 Å². The van der Waals surface area contributed by atoms with Crippen molar-refractivity contribution in [3.05, 3.63) is 28.3 Å². The van der Waals surface area contributed by atoms with Crippen LogP contribution < -0.4 is 5.73 Å². The van der Waals surface area contributed by atoms with Gasteiger partial charge in [-0.2, -0.15) is 0 Å². The largest absolute Gasteiger partial charge is 0.398 e. The highest BCUT2D eigenvalue weighted by molar-refractivity contribution is 5.81. The zero-order valence-electron chi connectivity index (χ0n) is 7.76. The molecule has 0 saturated heterocycles. The monoisotopic (exact) mass is 175 g/mol. The number of nitrogens with two attached hydrogens (primary N) is 1. The van der Waals surface area contributed by atoms with E-state index in [0.717, 1.165) is 42.4 Å². The first-order valence-electron chi connectivity index (χ1n) is 4.60. The predicted octanol–water partition coefficient (Wildman–Crippen LogP) is 1.88. The summed E-state index contributed by atoms with van der Waals surface area (Å²) in [5.74, 6) is 0. The number of carbonyl (C=O) groups excluding carboxylic acids is 1. The lowest BCUT2D eigenvalue weighted by atomic mass is 9.98. The molecule has 0 unspecified atom stereocenters. The van der Waals surface area contributed by atoms with E-state index < -0.39 is 0 Å². The van der Waals surface area contributed by atoms with Crippen molar-refractivity contribution in [1.29, 1.82) is 0 Å². The van der Waals surface area contributed by atoms with Crippen molar-refractivity contribution >= 4 is 12.0 Å². The first kappa shape index (κ1) is 8.30. The number of anilines is 1. The highest BCUT2D eigenvalue weighted by atomic mass is 16.1. The summed E-state index contributed by atoms with van der Waals surface area (Å²) in [6.07, 6.45) is 4.18. The molecule has 2 heteroatoms. The molecule has 1 aliphatic carbocycles. The third-order valence-corrected chi connectivity index (χ3v) is 2.89. The number of benzene rings is 1. The maximum Gasteiger partial charge on any atom is 0.150 e. The van der Waals surface area contributed by atoms with E-state index in [1.165, 1.54) is 11.1 Å². The first-order chi connectivity index (χ1) is 6.24. The number of aldehydes is 1. The average molecular weight is 175 g/mol. The van der Waals surface area contributed by atoms with E-state index in [9.17, 15) is 4.79 Å². The van der Waals surface area contributed by atoms with Crippen LogP contribution in [-0.2, 0) is 12.8 Å². The second-order valence-electron chi connectivity index (χ2n) is 3.61. The van der Waals surface area contributed by atoms with Crippen LogP contribution in [0.25, 0.3) is 0 Å². The fraction of sp³-hybridized carbons (Fsp3) is 0.364. The van der Waals surface area contributed by atoms with Gasteiger partial charge in [-0.25, -0.2) is 0 Å². The molecule has 0 radical (unpaired) electrons. The van der Waals surface area contributed by atoms with Gasteiger partial charge in [0.25, 0.3) is 0 Å². The minimum atomic E-state index is 0.753. The minimum Gasteiger partial charge on any atom is -0.398 e. The maximum absolute atomic E-state index is 10.8. The lowest BCUT2D eigenvalue weighted by Gasteiger charge is -2.09. The quantitative estimate of drug-likeness (QED) is 0.523. The maximum atomic E-state index is 10.8. The average Bonchev–Trinajstić information content (AvgIpc) is 2.60. The molecule has 0 aliphatic heterocycles. The Morgan fingerprint density at radius 1 is 1.38 bits per heavy atom. The van der Waals surface area contributed by atoms with Crippen LogP contribution in [0, 0.1) is 6.92 Å². The Balaban J connectivity index is 2.70. The van der Waals surface area contributed by atoms with Crippen LogP contribution in [-0.4, -0.2) is 6.29 Å². The highest BCUT2D eigenvalue weighted by Crippen LogP contribution is 2.31. The molecule has 2 rings (SSSR count). The number of hydrogen-bond donors (Lipinski definition) is 1. The molecule has 1 aliphatic rings. The number of rotatable bonds is 1. The molecular weight excluding hydrogens is 162 g/mol. The van der Waals surface area contributed by atoms with E-state index >= 15 is 0 Å². The lowest BCUT2D eigenvalue weighted by Crippen LogP contribution is -1.99. The van der Waals surface area contributed by atoms with Gasteiger partial charge in [0.2, 0.25) is 0 Å². The molecule has 0 heterocycles. The number of nitrogen functional groups attached to an aromatic ring is 1. The highest BCUT2D eigenvalue weighted by Gasteiger charge is 2.18. The van der Waals surface area contributed by atoms with Crippen molar-refractivity contribution in [2.24, 2.45) is 0 Å². The summed E-state index contributed by atoms with van der Waals surface area (Å²) in [5.41, 5.74) is 11.0. The lowest BCUT2D eigenvalue weighted by molar-refractivity contribution is 0.112. The van der Waals surface area contributed by atoms with Gasteiger partial charge in [-0.05, 0) is 48.9 Å². The van der Waals surface area contributed by atoms with Crippen molar-refractivity contribution in [2.75, 3.05) is 5.73 Å². The standard InChI is InChI=1S/C11H13NO/c1-7-9-3-2-4-10(9)8(6-13)5-11(7)12/h5-6H,2-4,12H2,1H3. The summed E-state index contributed by atoms with van der Waals surface area (Å²) >= 11 is 0. The minimum absolute atomic E-state index is 0.753. The number of hydrogen-bond acceptors (Lipinski definition) is 2. The van der Waals surface area contributed by atoms with Crippen LogP contribution in [0.15, 0.2) is 6.07 Å². The Hall–Kier alpha value is -1.31. The molecule has 0 bridgehead atoms. The van der Waals surface area contributed by atoms with Crippen molar-refractivity contribution in [3.8, 4) is 0 Å². The SMILES string of the molecule is Cc1c(N)cc(C=O)c2c1CCC2. The van der Waals surface area contributed by atoms with Gasteiger partial charge in [0.1, 0.15) is 6.29 Å². The van der Waals surface area contributed by atoms with E-state index in [1.54, 1.807) is 6.07 Å². The van der Waals surface area contributed by atoms with Gasteiger partial charge in [0, 0.05) is 11.3 Å². The molecule has 1 aromatic carbocycles. The predicted molar refractivity (Wildman–Crippen MR) is 53.0 cm³/mol. The summed E-state index contributed by atoms with van der Waals surface area (Å²) in [5, 5.41) is 0. The fourth-order valence-corrected chi connectivity index (χ4v) is 2.12. The van der Waals surface area contributed by atoms with E-state index in [-0.39, 0.29) is 0 Å². The molecule has 2 N–H and O–H groups in total. The third-order valence-electron chi connectivity index (χ3n) is 2.89. The normalized spacial score (nSPS) is 14.2. The Bertz CT molecular complexity index is 369. The van der Waals surface area contributed by atoms with Crippen LogP contribution in [0.1, 0.15) is 33.5 Å². The van der Waals surface area contributed by atoms with Crippen LogP contribution in [0.3, 0.4) is 0 Å². The molecule has 0 spiro atoms. The van der Waals surface area contributed by atoms with Gasteiger partial charge in [-0.1, -0.05) is 0 Å². The zero-order chi connectivity index (χ0) is 9.42. The van der Waals surface area contributed by atoms with Crippen LogP contribution in [0.2, 0.25) is 0 Å². The van der Waals surface area contributed by atoms with Gasteiger partial charge in [-0.3, -0.25) is 4.79 Å². The van der Waals surface area contributed by atoms with Gasteiger partial charge >= 0.3 is 0 Å². The molecule has 0 saturated carbocycles. The van der Waals surface area contributed by atoms with Crippen molar-refractivity contribution in [1.82, 2.24) is 0 Å². The van der Waals surface area contributed by atoms with Crippen molar-refractivity contribution in [3.63, 3.8) is 0 Å². The smallest absolute Gasteiger partial charge is 0.150 e. The van der Waals surface area contributed by atoms with E-state index in [2.05, 4.69) is 0 Å². The summed E-state index contributed by atoms with van der Waals surface area (Å²) in [6, 6.07) is 1.80. The molecule has 0 fully saturated rings. The Kier molecular flexibility index (Phi) is 1.83. The van der Waals surface area contributed by atoms with Gasteiger partial charge in [-0.15, -0.1) is 0 Å². The second kappa shape index (κ2) is 2.87. The Labute approximate surface area is 77.8 Å². The van der Waals surface area contributed by atoms with Gasteiger partial charge in [0.15, 0.2) is 0 Å². The van der Waals surface area contributed by atoms with Crippen LogP contribution in [0.4, 0.5) is 5.69 Å². The second-order valence-corrected chi connectivity index (χ2v) is 3.61. The molecule has 0 amide bonds. The summed E-state index contributed by atoms with van der Waals surface area (Å²) in [7, 11) is 0. The number of fused-ring (bicyclic) bond motifs is 1. The van der Waals surface area contributed by atoms with E-state index in [0.29, 0.717) is 0 Å². The van der Waals surface area contributed by atoms with Crippen molar-refractivity contribution < 1.29 is 4.79 Å². The zero-order valence-corrected chi connectivity index (χ0v) is 7.76. The van der Waals surface area contributed by atoms with E-state index in [4.69, 9.17) is 5.73 Å². The molecule has 1 aromatic rings. The van der Waals surface area contributed by atoms with Crippen molar-refractivity contribution in [2.45, 2.75) is 26.2 Å². The summed E-state index contributed by atoms with van der Waals surface area (Å²) in [6.45, 7) is 2.04. The number of carbonyl (C=O) groups is 1. The summed E-state index contributed by atoms with van der Waals surface area (Å²) in [4.78, 5) is 10.8. The van der Waals surface area contributed by atoms with Crippen LogP contribution in [0.5, 0.6) is 0 Å². The molecule has 13 heavy (non-hydrogen) atoms. The summed E-state index contributed by atoms with van der Waals surface area (Å²) < 4.78 is 0. The third kappa shape index (κ3) is 1.13. The van der Waals surface area contributed by atoms with Gasteiger partial charge in [0.05, 0.1) is 0 Å². The fourth-order valence-electron chi connectivity index (χ4n) is 2.12. The topological polar surface area (TPSA) is 43.1 Å². The Morgan fingerprint density at radius 3 is 2.77 bits per heavy atom. The molecule has 0 aromatic heterocycles. The molecule has 68 valence electrons.